The van der Waals surface area contributed by atoms with Gasteiger partial charge in [0.2, 0.25) is 0 Å². The van der Waals surface area contributed by atoms with Crippen LogP contribution in [0, 0.1) is 0 Å². The van der Waals surface area contributed by atoms with Gasteiger partial charge in [-0.05, 0) is 50.3 Å². The lowest BCUT2D eigenvalue weighted by Gasteiger charge is -2.21. The predicted octanol–water partition coefficient (Wildman–Crippen LogP) is 2.77. The molecule has 24 heavy (non-hydrogen) atoms. The largest absolute Gasteiger partial charge is 0.359 e. The summed E-state index contributed by atoms with van der Waals surface area (Å²) in [6.45, 7) is 1.63. The zero-order valence-corrected chi connectivity index (χ0v) is 14.5. The van der Waals surface area contributed by atoms with Crippen molar-refractivity contribution in [3.63, 3.8) is 0 Å². The van der Waals surface area contributed by atoms with E-state index in [1.54, 1.807) is 0 Å². The Morgan fingerprint density at radius 1 is 0.917 bits per heavy atom. The van der Waals surface area contributed by atoms with E-state index in [9.17, 15) is 0 Å². The van der Waals surface area contributed by atoms with Crippen LogP contribution in [0.1, 0.15) is 11.4 Å². The maximum atomic E-state index is 4.81. The molecule has 0 saturated heterocycles. The number of pyridine rings is 1. The summed E-state index contributed by atoms with van der Waals surface area (Å²) < 4.78 is 0. The van der Waals surface area contributed by atoms with Gasteiger partial charge in [0.1, 0.15) is 11.6 Å². The van der Waals surface area contributed by atoms with Gasteiger partial charge in [-0.1, -0.05) is 12.1 Å². The molecule has 0 saturated carbocycles. The Hall–Kier alpha value is -2.53. The number of likely N-dealkylation sites (N-methyl/N-ethyl adjacent to an activating group) is 1. The molecule has 0 amide bonds. The summed E-state index contributed by atoms with van der Waals surface area (Å²) >= 11 is 0. The number of rotatable bonds is 6. The second-order valence-corrected chi connectivity index (χ2v) is 6.25. The van der Waals surface area contributed by atoms with Crippen LogP contribution in [0.3, 0.4) is 0 Å². The molecule has 0 fully saturated rings. The van der Waals surface area contributed by atoms with E-state index in [4.69, 9.17) is 4.98 Å². The first kappa shape index (κ1) is 16.3. The Bertz CT molecular complexity index is 801. The molecule has 0 radical (unpaired) electrons. The summed E-state index contributed by atoms with van der Waals surface area (Å²) in [7, 11) is 6.16. The molecule has 0 spiro atoms. The molecule has 0 atom stereocenters. The monoisotopic (exact) mass is 321 g/mol. The quantitative estimate of drug-likeness (QED) is 0.698. The van der Waals surface area contributed by atoms with Gasteiger partial charge in [-0.3, -0.25) is 4.98 Å². The van der Waals surface area contributed by atoms with Crippen LogP contribution in [0.15, 0.2) is 48.8 Å². The molecule has 0 unspecified atom stereocenters. The number of aromatic nitrogens is 3. The maximum absolute atomic E-state index is 4.81. The van der Waals surface area contributed by atoms with Gasteiger partial charge in [0.15, 0.2) is 0 Å². The number of para-hydroxylation sites is 1. The van der Waals surface area contributed by atoms with Crippen molar-refractivity contribution >= 4 is 16.7 Å². The van der Waals surface area contributed by atoms with Gasteiger partial charge in [0.25, 0.3) is 0 Å². The summed E-state index contributed by atoms with van der Waals surface area (Å²) in [5, 5.41) is 1.09. The average molecular weight is 321 g/mol. The first-order chi connectivity index (χ1) is 11.6. The molecule has 2 heterocycles. The van der Waals surface area contributed by atoms with E-state index in [0.29, 0.717) is 0 Å². The highest BCUT2D eigenvalue weighted by molar-refractivity contribution is 5.89. The van der Waals surface area contributed by atoms with Crippen LogP contribution >= 0.6 is 0 Å². The molecule has 5 heteroatoms. The number of hydrogen-bond acceptors (Lipinski definition) is 5. The minimum Gasteiger partial charge on any atom is -0.359 e. The smallest absolute Gasteiger partial charge is 0.145 e. The van der Waals surface area contributed by atoms with E-state index in [1.165, 1.54) is 5.56 Å². The van der Waals surface area contributed by atoms with Crippen LogP contribution < -0.4 is 4.90 Å². The first-order valence-corrected chi connectivity index (χ1v) is 8.14. The zero-order chi connectivity index (χ0) is 16.9. The van der Waals surface area contributed by atoms with Crippen molar-refractivity contribution < 1.29 is 0 Å². The first-order valence-electron chi connectivity index (χ1n) is 8.14. The molecule has 2 aromatic heterocycles. The highest BCUT2D eigenvalue weighted by Gasteiger charge is 2.12. The van der Waals surface area contributed by atoms with Crippen LogP contribution in [0.5, 0.6) is 0 Å². The molecular formula is C19H23N5. The van der Waals surface area contributed by atoms with Gasteiger partial charge in [-0.25, -0.2) is 9.97 Å². The minimum absolute atomic E-state index is 0.732. The summed E-state index contributed by atoms with van der Waals surface area (Å²) in [4.78, 5) is 17.9. The molecule has 3 aromatic rings. The third-order valence-corrected chi connectivity index (χ3v) is 3.93. The number of benzene rings is 1. The SMILES string of the molecule is CN(C)Cc1nc(N(C)CCc2ccncc2)c2ccccc2n1. The van der Waals surface area contributed by atoms with E-state index in [0.717, 1.165) is 42.1 Å². The Morgan fingerprint density at radius 3 is 2.42 bits per heavy atom. The van der Waals surface area contributed by atoms with Gasteiger partial charge in [-0.2, -0.15) is 0 Å². The van der Waals surface area contributed by atoms with Gasteiger partial charge in [0.05, 0.1) is 12.1 Å². The van der Waals surface area contributed by atoms with Crippen LogP contribution in [0.4, 0.5) is 5.82 Å². The second-order valence-electron chi connectivity index (χ2n) is 6.25. The van der Waals surface area contributed by atoms with Crippen LogP contribution in [-0.2, 0) is 13.0 Å². The van der Waals surface area contributed by atoms with Gasteiger partial charge < -0.3 is 9.80 Å². The van der Waals surface area contributed by atoms with Crippen molar-refractivity contribution in [3.8, 4) is 0 Å². The van der Waals surface area contributed by atoms with Crippen molar-refractivity contribution in [3.05, 3.63) is 60.2 Å². The van der Waals surface area contributed by atoms with E-state index < -0.39 is 0 Å². The molecule has 124 valence electrons. The van der Waals surface area contributed by atoms with Gasteiger partial charge in [-0.15, -0.1) is 0 Å². The summed E-state index contributed by atoms with van der Waals surface area (Å²) in [5.41, 5.74) is 2.28. The molecule has 0 aliphatic heterocycles. The zero-order valence-electron chi connectivity index (χ0n) is 14.5. The molecule has 0 aliphatic carbocycles. The maximum Gasteiger partial charge on any atom is 0.145 e. The van der Waals surface area contributed by atoms with E-state index in [-0.39, 0.29) is 0 Å². The molecule has 5 nitrogen and oxygen atoms in total. The number of nitrogens with zero attached hydrogens (tertiary/aromatic N) is 5. The molecule has 0 bridgehead atoms. The molecular weight excluding hydrogens is 298 g/mol. The summed E-state index contributed by atoms with van der Waals surface area (Å²) in [6, 6.07) is 12.3. The van der Waals surface area contributed by atoms with E-state index in [1.807, 2.05) is 38.6 Å². The second kappa shape index (κ2) is 7.36. The lowest BCUT2D eigenvalue weighted by Crippen LogP contribution is -2.23. The Balaban J connectivity index is 1.88. The summed E-state index contributed by atoms with van der Waals surface area (Å²) in [5.74, 6) is 1.84. The third kappa shape index (κ3) is 3.86. The molecule has 3 rings (SSSR count). The Morgan fingerprint density at radius 2 is 1.67 bits per heavy atom. The number of hydrogen-bond donors (Lipinski definition) is 0. The Kier molecular flexibility index (Phi) is 5.01. The average Bonchev–Trinajstić information content (AvgIpc) is 2.59. The van der Waals surface area contributed by atoms with Crippen LogP contribution in [0.2, 0.25) is 0 Å². The van der Waals surface area contributed by atoms with Crippen molar-refractivity contribution in [1.82, 2.24) is 19.9 Å². The minimum atomic E-state index is 0.732. The van der Waals surface area contributed by atoms with Crippen molar-refractivity contribution in [2.75, 3.05) is 32.6 Å². The molecule has 0 N–H and O–H groups in total. The standard InChI is InChI=1S/C19H23N5/c1-23(2)14-18-21-17-7-5-4-6-16(17)19(22-18)24(3)13-10-15-8-11-20-12-9-15/h4-9,11-12H,10,13-14H2,1-3H3. The molecule has 1 aromatic carbocycles. The highest BCUT2D eigenvalue weighted by Crippen LogP contribution is 2.23. The third-order valence-electron chi connectivity index (χ3n) is 3.93. The fourth-order valence-electron chi connectivity index (χ4n) is 2.70. The number of fused-ring (bicyclic) bond motifs is 1. The number of anilines is 1. The normalized spacial score (nSPS) is 11.2. The highest BCUT2D eigenvalue weighted by atomic mass is 15.2. The van der Waals surface area contributed by atoms with Crippen LogP contribution in [-0.4, -0.2) is 47.5 Å². The topological polar surface area (TPSA) is 45.2 Å². The van der Waals surface area contributed by atoms with Gasteiger partial charge >= 0.3 is 0 Å². The molecule has 0 aliphatic rings. The lowest BCUT2D eigenvalue weighted by atomic mass is 10.2. The van der Waals surface area contributed by atoms with E-state index in [2.05, 4.69) is 51.1 Å². The van der Waals surface area contributed by atoms with Crippen molar-refractivity contribution in [2.24, 2.45) is 0 Å². The van der Waals surface area contributed by atoms with Crippen LogP contribution in [0.25, 0.3) is 10.9 Å². The summed E-state index contributed by atoms with van der Waals surface area (Å²) in [6.07, 6.45) is 4.63. The fraction of sp³-hybridized carbons (Fsp3) is 0.316. The van der Waals surface area contributed by atoms with Crippen molar-refractivity contribution in [2.45, 2.75) is 13.0 Å². The Labute approximate surface area is 143 Å². The van der Waals surface area contributed by atoms with Crippen molar-refractivity contribution in [1.29, 1.82) is 0 Å². The fourth-order valence-corrected chi connectivity index (χ4v) is 2.70. The predicted molar refractivity (Wildman–Crippen MR) is 98.1 cm³/mol. The van der Waals surface area contributed by atoms with Gasteiger partial charge in [0, 0.05) is 31.4 Å². The lowest BCUT2D eigenvalue weighted by molar-refractivity contribution is 0.391. The van der Waals surface area contributed by atoms with E-state index >= 15 is 0 Å².